The van der Waals surface area contributed by atoms with E-state index in [1.165, 1.54) is 5.56 Å². The number of hydrogen-bond donors (Lipinski definition) is 0. The Morgan fingerprint density at radius 1 is 1.22 bits per heavy atom. The average Bonchev–Trinajstić information content (AvgIpc) is 2.99. The summed E-state index contributed by atoms with van der Waals surface area (Å²) >= 11 is 0. The van der Waals surface area contributed by atoms with Gasteiger partial charge in [0, 0.05) is 31.0 Å². The van der Waals surface area contributed by atoms with Crippen LogP contribution >= 0.6 is 0 Å². The fourth-order valence-corrected chi connectivity index (χ4v) is 3.00. The Kier molecular flexibility index (Phi) is 4.28. The van der Waals surface area contributed by atoms with Crippen LogP contribution < -0.4 is 9.80 Å². The first-order valence-corrected chi connectivity index (χ1v) is 8.14. The lowest BCUT2D eigenvalue weighted by Gasteiger charge is -2.21. The van der Waals surface area contributed by atoms with Crippen LogP contribution in [0.2, 0.25) is 0 Å². The van der Waals surface area contributed by atoms with Crippen LogP contribution in [0.3, 0.4) is 0 Å². The van der Waals surface area contributed by atoms with Gasteiger partial charge < -0.3 is 9.80 Å². The van der Waals surface area contributed by atoms with E-state index >= 15 is 0 Å². The predicted molar refractivity (Wildman–Crippen MR) is 92.2 cm³/mol. The zero-order valence-electron chi connectivity index (χ0n) is 13.9. The Hall–Kier alpha value is -2.43. The lowest BCUT2D eigenvalue weighted by atomic mass is 10.2. The highest BCUT2D eigenvalue weighted by atomic mass is 16.2. The molecule has 0 saturated carbocycles. The highest BCUT2D eigenvalue weighted by Crippen LogP contribution is 2.28. The molecule has 0 bridgehead atoms. The lowest BCUT2D eigenvalue weighted by Crippen LogP contribution is -2.31. The van der Waals surface area contributed by atoms with Crippen LogP contribution in [-0.2, 0) is 6.42 Å². The highest BCUT2D eigenvalue weighted by molar-refractivity contribution is 6.06. The number of benzene rings is 1. The number of hydrogen-bond acceptors (Lipinski definition) is 4. The number of amides is 1. The van der Waals surface area contributed by atoms with E-state index in [-0.39, 0.29) is 5.91 Å². The molecule has 1 aliphatic heterocycles. The highest BCUT2D eigenvalue weighted by Gasteiger charge is 2.26. The van der Waals surface area contributed by atoms with E-state index in [2.05, 4.69) is 34.8 Å². The van der Waals surface area contributed by atoms with Gasteiger partial charge in [-0.3, -0.25) is 4.79 Å². The number of aryl methyl sites for hydroxylation is 1. The summed E-state index contributed by atoms with van der Waals surface area (Å²) in [5.41, 5.74) is 3.50. The summed E-state index contributed by atoms with van der Waals surface area (Å²) < 4.78 is 0. The summed E-state index contributed by atoms with van der Waals surface area (Å²) in [4.78, 5) is 25.8. The van der Waals surface area contributed by atoms with Gasteiger partial charge in [-0.25, -0.2) is 9.97 Å². The minimum Gasteiger partial charge on any atom is -0.341 e. The van der Waals surface area contributed by atoms with Crippen molar-refractivity contribution >= 4 is 17.5 Å². The first-order valence-electron chi connectivity index (χ1n) is 8.14. The third kappa shape index (κ3) is 2.91. The van der Waals surface area contributed by atoms with E-state index in [1.807, 2.05) is 30.0 Å². The molecule has 0 radical (unpaired) electrons. The van der Waals surface area contributed by atoms with Crippen molar-refractivity contribution in [1.82, 2.24) is 9.97 Å². The van der Waals surface area contributed by atoms with Crippen LogP contribution in [0, 0.1) is 6.92 Å². The standard InChI is InChI=1S/C18H22N4O/c1-4-21(5-2)18-19-13(3)12-15(20-18)17(23)22-11-10-14-8-6-7-9-16(14)22/h6-9,12H,4-5,10-11H2,1-3H3. The summed E-state index contributed by atoms with van der Waals surface area (Å²) in [5, 5.41) is 0. The number of anilines is 2. The summed E-state index contributed by atoms with van der Waals surface area (Å²) in [5.74, 6) is 0.583. The normalized spacial score (nSPS) is 13.1. The van der Waals surface area contributed by atoms with Crippen molar-refractivity contribution < 1.29 is 4.79 Å². The molecule has 120 valence electrons. The van der Waals surface area contributed by atoms with Crippen molar-refractivity contribution in [3.05, 3.63) is 47.3 Å². The second-order valence-corrected chi connectivity index (χ2v) is 5.70. The minimum absolute atomic E-state index is 0.0474. The van der Waals surface area contributed by atoms with Gasteiger partial charge in [-0.1, -0.05) is 18.2 Å². The molecule has 0 spiro atoms. The number of carbonyl (C=O) groups excluding carboxylic acids is 1. The smallest absolute Gasteiger partial charge is 0.277 e. The van der Waals surface area contributed by atoms with Gasteiger partial charge in [0.15, 0.2) is 0 Å². The molecule has 3 rings (SSSR count). The predicted octanol–water partition coefficient (Wildman–Crippen LogP) is 2.83. The van der Waals surface area contributed by atoms with Gasteiger partial charge >= 0.3 is 0 Å². The van der Waals surface area contributed by atoms with Crippen LogP contribution in [0.15, 0.2) is 30.3 Å². The molecule has 23 heavy (non-hydrogen) atoms. The van der Waals surface area contributed by atoms with Crippen molar-refractivity contribution in [2.45, 2.75) is 27.2 Å². The molecule has 0 unspecified atom stereocenters. The Labute approximate surface area is 137 Å². The van der Waals surface area contributed by atoms with Gasteiger partial charge in [0.1, 0.15) is 5.69 Å². The molecule has 0 atom stereocenters. The SMILES string of the molecule is CCN(CC)c1nc(C)cc(C(=O)N2CCc3ccccc32)n1. The number of fused-ring (bicyclic) bond motifs is 1. The molecule has 5 heteroatoms. The molecule has 1 aliphatic rings. The molecular weight excluding hydrogens is 288 g/mol. The van der Waals surface area contributed by atoms with Crippen LogP contribution in [-0.4, -0.2) is 35.5 Å². The van der Waals surface area contributed by atoms with E-state index in [0.29, 0.717) is 18.2 Å². The van der Waals surface area contributed by atoms with E-state index in [4.69, 9.17) is 0 Å². The van der Waals surface area contributed by atoms with Gasteiger partial charge in [-0.05, 0) is 44.9 Å². The second kappa shape index (κ2) is 6.36. The molecule has 0 N–H and O–H groups in total. The molecule has 1 aromatic carbocycles. The minimum atomic E-state index is -0.0474. The fourth-order valence-electron chi connectivity index (χ4n) is 3.00. The van der Waals surface area contributed by atoms with Gasteiger partial charge in [-0.15, -0.1) is 0 Å². The quantitative estimate of drug-likeness (QED) is 0.871. The van der Waals surface area contributed by atoms with Crippen molar-refractivity contribution in [2.75, 3.05) is 29.4 Å². The Bertz CT molecular complexity index is 725. The summed E-state index contributed by atoms with van der Waals surface area (Å²) in [6.07, 6.45) is 0.898. The monoisotopic (exact) mass is 310 g/mol. The van der Waals surface area contributed by atoms with Crippen molar-refractivity contribution in [3.8, 4) is 0 Å². The molecule has 0 fully saturated rings. The third-order valence-electron chi connectivity index (χ3n) is 4.24. The maximum absolute atomic E-state index is 12.9. The largest absolute Gasteiger partial charge is 0.341 e. The van der Waals surface area contributed by atoms with Crippen LogP contribution in [0.4, 0.5) is 11.6 Å². The van der Waals surface area contributed by atoms with E-state index in [1.54, 1.807) is 6.07 Å². The molecular formula is C18H22N4O. The van der Waals surface area contributed by atoms with E-state index in [9.17, 15) is 4.79 Å². The van der Waals surface area contributed by atoms with E-state index < -0.39 is 0 Å². The molecule has 2 heterocycles. The summed E-state index contributed by atoms with van der Waals surface area (Å²) in [6, 6.07) is 9.84. The topological polar surface area (TPSA) is 49.3 Å². The zero-order valence-corrected chi connectivity index (χ0v) is 13.9. The molecule has 2 aromatic rings. The zero-order chi connectivity index (χ0) is 16.4. The Morgan fingerprint density at radius 2 is 1.96 bits per heavy atom. The lowest BCUT2D eigenvalue weighted by molar-refractivity contribution is 0.0984. The fraction of sp³-hybridized carbons (Fsp3) is 0.389. The average molecular weight is 310 g/mol. The first kappa shape index (κ1) is 15.5. The molecule has 1 aromatic heterocycles. The van der Waals surface area contributed by atoms with E-state index in [0.717, 1.165) is 30.9 Å². The van der Waals surface area contributed by atoms with Gasteiger partial charge in [-0.2, -0.15) is 0 Å². The first-order chi connectivity index (χ1) is 11.1. The molecule has 5 nitrogen and oxygen atoms in total. The molecule has 1 amide bonds. The summed E-state index contributed by atoms with van der Waals surface area (Å²) in [6.45, 7) is 8.38. The van der Waals surface area contributed by atoms with Crippen molar-refractivity contribution in [3.63, 3.8) is 0 Å². The van der Waals surface area contributed by atoms with Gasteiger partial charge in [0.25, 0.3) is 5.91 Å². The number of para-hydroxylation sites is 1. The number of aromatic nitrogens is 2. The maximum Gasteiger partial charge on any atom is 0.277 e. The van der Waals surface area contributed by atoms with Crippen molar-refractivity contribution in [2.24, 2.45) is 0 Å². The van der Waals surface area contributed by atoms with Crippen LogP contribution in [0.1, 0.15) is 35.6 Å². The van der Waals surface area contributed by atoms with Gasteiger partial charge in [0.05, 0.1) is 0 Å². The Balaban J connectivity index is 1.94. The second-order valence-electron chi connectivity index (χ2n) is 5.70. The summed E-state index contributed by atoms with van der Waals surface area (Å²) in [7, 11) is 0. The number of nitrogens with zero attached hydrogens (tertiary/aromatic N) is 4. The third-order valence-corrected chi connectivity index (χ3v) is 4.24. The Morgan fingerprint density at radius 3 is 2.70 bits per heavy atom. The molecule has 0 aliphatic carbocycles. The number of carbonyl (C=O) groups is 1. The molecule has 0 saturated heterocycles. The van der Waals surface area contributed by atoms with Crippen LogP contribution in [0.25, 0.3) is 0 Å². The van der Waals surface area contributed by atoms with Gasteiger partial charge in [0.2, 0.25) is 5.95 Å². The van der Waals surface area contributed by atoms with Crippen molar-refractivity contribution in [1.29, 1.82) is 0 Å². The maximum atomic E-state index is 12.9. The van der Waals surface area contributed by atoms with Crippen LogP contribution in [0.5, 0.6) is 0 Å². The number of rotatable bonds is 4.